The van der Waals surface area contributed by atoms with Crippen LogP contribution in [-0.4, -0.2) is 37.1 Å². The molecule has 0 amide bonds. The van der Waals surface area contributed by atoms with Gasteiger partial charge in [-0.05, 0) is 63.6 Å². The minimum atomic E-state index is 0.878. The van der Waals surface area contributed by atoms with E-state index in [0.717, 1.165) is 17.9 Å². The van der Waals surface area contributed by atoms with Gasteiger partial charge in [0.05, 0.1) is 0 Å². The standard InChI is InChI=1S/C15H30N2/c1-13(2)14-8-11-17(12-14)10-5-3-4-9-16-15-6-7-15/h13-16H,3-12H2,1-2H3. The summed E-state index contributed by atoms with van der Waals surface area (Å²) in [5.74, 6) is 1.84. The van der Waals surface area contributed by atoms with Crippen molar-refractivity contribution >= 4 is 0 Å². The normalized spacial score (nSPS) is 25.9. The zero-order valence-electron chi connectivity index (χ0n) is 11.8. The smallest absolute Gasteiger partial charge is 0.00682 e. The van der Waals surface area contributed by atoms with Gasteiger partial charge in [0.15, 0.2) is 0 Å². The summed E-state index contributed by atoms with van der Waals surface area (Å²) in [4.78, 5) is 2.68. The molecule has 1 aliphatic heterocycles. The Balaban J connectivity index is 1.42. The molecule has 1 N–H and O–H groups in total. The first-order chi connectivity index (χ1) is 8.25. The van der Waals surface area contributed by atoms with Gasteiger partial charge in [-0.2, -0.15) is 0 Å². The van der Waals surface area contributed by atoms with Crippen LogP contribution in [0.1, 0.15) is 52.4 Å². The van der Waals surface area contributed by atoms with Crippen LogP contribution in [0.3, 0.4) is 0 Å². The molecule has 0 bridgehead atoms. The van der Waals surface area contributed by atoms with Crippen molar-refractivity contribution in [1.29, 1.82) is 0 Å². The Bertz CT molecular complexity index is 211. The molecular formula is C15H30N2. The lowest BCUT2D eigenvalue weighted by atomic mass is 9.95. The minimum absolute atomic E-state index is 0.878. The number of hydrogen-bond donors (Lipinski definition) is 1. The molecule has 1 aliphatic carbocycles. The highest BCUT2D eigenvalue weighted by molar-refractivity contribution is 4.80. The predicted molar refractivity (Wildman–Crippen MR) is 74.3 cm³/mol. The molecule has 0 spiro atoms. The van der Waals surface area contributed by atoms with Crippen molar-refractivity contribution in [3.05, 3.63) is 0 Å². The zero-order valence-corrected chi connectivity index (χ0v) is 11.8. The molecule has 100 valence electrons. The zero-order chi connectivity index (χ0) is 12.1. The molecule has 1 saturated carbocycles. The lowest BCUT2D eigenvalue weighted by Crippen LogP contribution is -2.23. The first kappa shape index (κ1) is 13.4. The maximum absolute atomic E-state index is 3.59. The van der Waals surface area contributed by atoms with E-state index < -0.39 is 0 Å². The van der Waals surface area contributed by atoms with E-state index in [-0.39, 0.29) is 0 Å². The summed E-state index contributed by atoms with van der Waals surface area (Å²) in [5, 5.41) is 3.59. The van der Waals surface area contributed by atoms with E-state index in [1.807, 2.05) is 0 Å². The van der Waals surface area contributed by atoms with E-state index >= 15 is 0 Å². The van der Waals surface area contributed by atoms with Crippen LogP contribution in [0, 0.1) is 11.8 Å². The maximum atomic E-state index is 3.59. The summed E-state index contributed by atoms with van der Waals surface area (Å²) in [7, 11) is 0. The van der Waals surface area contributed by atoms with Crippen molar-refractivity contribution in [2.75, 3.05) is 26.2 Å². The Kier molecular flexibility index (Phi) is 5.30. The summed E-state index contributed by atoms with van der Waals surface area (Å²) >= 11 is 0. The highest BCUT2D eigenvalue weighted by atomic mass is 15.1. The van der Waals surface area contributed by atoms with Crippen molar-refractivity contribution in [2.24, 2.45) is 11.8 Å². The molecular weight excluding hydrogens is 208 g/mol. The third kappa shape index (κ3) is 4.97. The van der Waals surface area contributed by atoms with E-state index in [0.29, 0.717) is 0 Å². The third-order valence-corrected chi connectivity index (χ3v) is 4.41. The Morgan fingerprint density at radius 1 is 1.12 bits per heavy atom. The fourth-order valence-corrected chi connectivity index (χ4v) is 2.84. The second kappa shape index (κ2) is 6.75. The fraction of sp³-hybridized carbons (Fsp3) is 1.00. The van der Waals surface area contributed by atoms with Crippen LogP contribution in [0.5, 0.6) is 0 Å². The van der Waals surface area contributed by atoms with Gasteiger partial charge in [-0.15, -0.1) is 0 Å². The lowest BCUT2D eigenvalue weighted by Gasteiger charge is -2.17. The minimum Gasteiger partial charge on any atom is -0.314 e. The quantitative estimate of drug-likeness (QED) is 0.654. The number of nitrogens with one attached hydrogen (secondary N) is 1. The van der Waals surface area contributed by atoms with Gasteiger partial charge < -0.3 is 10.2 Å². The number of nitrogens with zero attached hydrogens (tertiary/aromatic N) is 1. The van der Waals surface area contributed by atoms with Gasteiger partial charge in [0, 0.05) is 12.6 Å². The first-order valence-corrected chi connectivity index (χ1v) is 7.71. The molecule has 0 aromatic rings. The second-order valence-corrected chi connectivity index (χ2v) is 6.38. The van der Waals surface area contributed by atoms with Crippen molar-refractivity contribution in [3.8, 4) is 0 Å². The van der Waals surface area contributed by atoms with Gasteiger partial charge in [0.2, 0.25) is 0 Å². The van der Waals surface area contributed by atoms with Crippen molar-refractivity contribution in [3.63, 3.8) is 0 Å². The van der Waals surface area contributed by atoms with Gasteiger partial charge in [-0.3, -0.25) is 0 Å². The van der Waals surface area contributed by atoms with Crippen LogP contribution in [0.4, 0.5) is 0 Å². The summed E-state index contributed by atoms with van der Waals surface area (Å²) in [6.45, 7) is 10.0. The van der Waals surface area contributed by atoms with Crippen LogP contribution < -0.4 is 5.32 Å². The van der Waals surface area contributed by atoms with Gasteiger partial charge in [0.1, 0.15) is 0 Å². The summed E-state index contributed by atoms with van der Waals surface area (Å²) in [6.07, 6.45) is 8.45. The largest absolute Gasteiger partial charge is 0.314 e. The Morgan fingerprint density at radius 3 is 2.59 bits per heavy atom. The van der Waals surface area contributed by atoms with Crippen molar-refractivity contribution < 1.29 is 0 Å². The van der Waals surface area contributed by atoms with Crippen molar-refractivity contribution in [1.82, 2.24) is 10.2 Å². The number of likely N-dealkylation sites (tertiary alicyclic amines) is 1. The van der Waals surface area contributed by atoms with Gasteiger partial charge in [-0.25, -0.2) is 0 Å². The van der Waals surface area contributed by atoms with Crippen LogP contribution in [0.15, 0.2) is 0 Å². The van der Waals surface area contributed by atoms with Crippen LogP contribution in [0.2, 0.25) is 0 Å². The van der Waals surface area contributed by atoms with Gasteiger partial charge in [-0.1, -0.05) is 20.3 Å². The third-order valence-electron chi connectivity index (χ3n) is 4.41. The summed E-state index contributed by atoms with van der Waals surface area (Å²) in [5.41, 5.74) is 0. The molecule has 2 nitrogen and oxygen atoms in total. The highest BCUT2D eigenvalue weighted by Gasteiger charge is 2.24. The molecule has 0 radical (unpaired) electrons. The highest BCUT2D eigenvalue weighted by Crippen LogP contribution is 2.23. The predicted octanol–water partition coefficient (Wildman–Crippen LogP) is 2.89. The molecule has 2 fully saturated rings. The molecule has 1 heterocycles. The molecule has 1 saturated heterocycles. The van der Waals surface area contributed by atoms with Crippen LogP contribution in [-0.2, 0) is 0 Å². The molecule has 1 atom stereocenters. The SMILES string of the molecule is CC(C)C1CCN(CCCCCNC2CC2)C1. The maximum Gasteiger partial charge on any atom is 0.00682 e. The van der Waals surface area contributed by atoms with E-state index in [1.165, 1.54) is 64.7 Å². The molecule has 1 unspecified atom stereocenters. The monoisotopic (exact) mass is 238 g/mol. The van der Waals surface area contributed by atoms with E-state index in [1.54, 1.807) is 0 Å². The average molecular weight is 238 g/mol. The van der Waals surface area contributed by atoms with E-state index in [4.69, 9.17) is 0 Å². The molecule has 0 aromatic heterocycles. The van der Waals surface area contributed by atoms with Crippen molar-refractivity contribution in [2.45, 2.75) is 58.4 Å². The number of unbranched alkanes of at least 4 members (excludes halogenated alkanes) is 2. The second-order valence-electron chi connectivity index (χ2n) is 6.38. The molecule has 2 rings (SSSR count). The number of rotatable bonds is 8. The Hall–Kier alpha value is -0.0800. The molecule has 2 aliphatic rings. The van der Waals surface area contributed by atoms with Crippen LogP contribution in [0.25, 0.3) is 0 Å². The number of hydrogen-bond acceptors (Lipinski definition) is 2. The molecule has 0 aromatic carbocycles. The molecule has 2 heteroatoms. The fourth-order valence-electron chi connectivity index (χ4n) is 2.84. The Morgan fingerprint density at radius 2 is 1.94 bits per heavy atom. The van der Waals surface area contributed by atoms with E-state index in [2.05, 4.69) is 24.1 Å². The van der Waals surface area contributed by atoms with E-state index in [9.17, 15) is 0 Å². The van der Waals surface area contributed by atoms with Crippen LogP contribution >= 0.6 is 0 Å². The summed E-state index contributed by atoms with van der Waals surface area (Å²) < 4.78 is 0. The molecule has 17 heavy (non-hydrogen) atoms. The topological polar surface area (TPSA) is 15.3 Å². The Labute approximate surface area is 107 Å². The average Bonchev–Trinajstić information content (AvgIpc) is 3.00. The van der Waals surface area contributed by atoms with Gasteiger partial charge in [0.25, 0.3) is 0 Å². The first-order valence-electron chi connectivity index (χ1n) is 7.71. The van der Waals surface area contributed by atoms with Gasteiger partial charge >= 0.3 is 0 Å². The lowest BCUT2D eigenvalue weighted by molar-refractivity contribution is 0.296. The summed E-state index contributed by atoms with van der Waals surface area (Å²) in [6, 6.07) is 0.889.